The van der Waals surface area contributed by atoms with Crippen LogP contribution in [-0.2, 0) is 6.42 Å². The molecular weight excluding hydrogens is 421 g/mol. The molecule has 1 aromatic heterocycles. The van der Waals surface area contributed by atoms with E-state index in [-0.39, 0.29) is 11.6 Å². The molecule has 126 valence electrons. The van der Waals surface area contributed by atoms with Gasteiger partial charge in [-0.1, -0.05) is 13.8 Å². The van der Waals surface area contributed by atoms with E-state index in [1.165, 1.54) is 12.3 Å². The van der Waals surface area contributed by atoms with Gasteiger partial charge in [-0.05, 0) is 52.6 Å². The number of fused-ring (bicyclic) bond motifs is 3. The number of ether oxygens (including phenoxy) is 1. The Bertz CT molecular complexity index is 885. The Morgan fingerprint density at radius 2 is 2.08 bits per heavy atom. The van der Waals surface area contributed by atoms with E-state index in [0.29, 0.717) is 5.92 Å². The van der Waals surface area contributed by atoms with Crippen LogP contribution in [0.4, 0.5) is 0 Å². The average molecular weight is 439 g/mol. The van der Waals surface area contributed by atoms with Crippen LogP contribution in [0.5, 0.6) is 5.75 Å². The normalized spacial score (nSPS) is 15.8. The van der Waals surface area contributed by atoms with Crippen LogP contribution >= 0.6 is 22.6 Å². The van der Waals surface area contributed by atoms with Gasteiger partial charge in [-0.3, -0.25) is 4.79 Å². The zero-order valence-electron chi connectivity index (χ0n) is 13.7. The molecule has 2 heterocycles. The predicted octanol–water partition coefficient (Wildman–Crippen LogP) is 3.58. The number of nitrogens with zero attached hydrogens (tertiary/aromatic N) is 1. The van der Waals surface area contributed by atoms with Crippen molar-refractivity contribution in [2.45, 2.75) is 26.3 Å². The molecule has 3 rings (SSSR count). The van der Waals surface area contributed by atoms with Gasteiger partial charge in [0.25, 0.3) is 0 Å². The van der Waals surface area contributed by atoms with Gasteiger partial charge in [-0.2, -0.15) is 0 Å². The molecule has 1 aliphatic heterocycles. The van der Waals surface area contributed by atoms with Crippen molar-refractivity contribution in [3.63, 3.8) is 0 Å². The van der Waals surface area contributed by atoms with E-state index in [2.05, 4.69) is 42.5 Å². The first-order chi connectivity index (χ1) is 11.3. The number of aromatic nitrogens is 1. The molecule has 0 bridgehead atoms. The summed E-state index contributed by atoms with van der Waals surface area (Å²) in [6.07, 6.45) is 2.28. The Morgan fingerprint density at radius 1 is 1.38 bits per heavy atom. The van der Waals surface area contributed by atoms with E-state index >= 15 is 0 Å². The molecule has 1 aromatic carbocycles. The first-order valence-corrected chi connectivity index (χ1v) is 8.77. The van der Waals surface area contributed by atoms with Gasteiger partial charge in [0.1, 0.15) is 11.3 Å². The molecule has 1 N–H and O–H groups in total. The molecular formula is C18H18INO4. The van der Waals surface area contributed by atoms with Gasteiger partial charge in [-0.25, -0.2) is 4.79 Å². The van der Waals surface area contributed by atoms with Crippen LogP contribution in [0.2, 0.25) is 0 Å². The first kappa shape index (κ1) is 17.0. The number of hydrogen-bond donors (Lipinski definition) is 1. The van der Waals surface area contributed by atoms with E-state index in [9.17, 15) is 14.7 Å². The summed E-state index contributed by atoms with van der Waals surface area (Å²) in [5.74, 6) is -0.136. The van der Waals surface area contributed by atoms with Crippen LogP contribution in [0.15, 0.2) is 29.2 Å². The molecule has 5 nitrogen and oxygen atoms in total. The lowest BCUT2D eigenvalue weighted by Gasteiger charge is -2.33. The highest BCUT2D eigenvalue weighted by Crippen LogP contribution is 2.40. The van der Waals surface area contributed by atoms with Crippen molar-refractivity contribution in [1.82, 2.24) is 4.57 Å². The third-order valence-electron chi connectivity index (χ3n) is 4.52. The van der Waals surface area contributed by atoms with Gasteiger partial charge < -0.3 is 14.4 Å². The SMILES string of the molecule is COc1cc2c(cc1I)CC(C(C)C)n1cc(C(=O)O)c(=O)cc1-2. The number of carboxylic acids is 1. The lowest BCUT2D eigenvalue weighted by Crippen LogP contribution is -2.28. The third kappa shape index (κ3) is 2.72. The number of methoxy groups -OCH3 is 1. The maximum atomic E-state index is 12.2. The largest absolute Gasteiger partial charge is 0.496 e. The number of benzene rings is 1. The number of halogens is 1. The monoisotopic (exact) mass is 439 g/mol. The fourth-order valence-corrected chi connectivity index (χ4v) is 3.99. The number of aromatic carboxylic acids is 1. The second-order valence-corrected chi connectivity index (χ2v) is 7.47. The Kier molecular flexibility index (Phi) is 4.42. The van der Waals surface area contributed by atoms with E-state index in [1.807, 2.05) is 10.6 Å². The molecule has 0 spiro atoms. The lowest BCUT2D eigenvalue weighted by molar-refractivity contribution is 0.0694. The molecule has 24 heavy (non-hydrogen) atoms. The van der Waals surface area contributed by atoms with Gasteiger partial charge in [0.05, 0.1) is 16.4 Å². The molecule has 0 amide bonds. The van der Waals surface area contributed by atoms with Gasteiger partial charge in [0.2, 0.25) is 0 Å². The fourth-order valence-electron chi connectivity index (χ4n) is 3.24. The number of carbonyl (C=O) groups is 1. The molecule has 0 radical (unpaired) electrons. The minimum Gasteiger partial charge on any atom is -0.496 e. The maximum Gasteiger partial charge on any atom is 0.341 e. The van der Waals surface area contributed by atoms with E-state index in [0.717, 1.165) is 32.6 Å². The third-order valence-corrected chi connectivity index (χ3v) is 5.36. The van der Waals surface area contributed by atoms with Gasteiger partial charge in [-0.15, -0.1) is 0 Å². The van der Waals surface area contributed by atoms with Crippen LogP contribution in [0.25, 0.3) is 11.3 Å². The molecule has 1 atom stereocenters. The standard InChI is InChI=1S/C18H18INO4/c1-9(2)14-5-10-4-13(19)17(24-3)6-11(10)15-7-16(21)12(18(22)23)8-20(14)15/h4,6-9,14H,5H2,1-3H3,(H,22,23). The molecule has 0 saturated carbocycles. The molecule has 0 fully saturated rings. The molecule has 1 unspecified atom stereocenters. The van der Waals surface area contributed by atoms with Gasteiger partial charge in [0.15, 0.2) is 5.43 Å². The average Bonchev–Trinajstić information content (AvgIpc) is 2.52. The van der Waals surface area contributed by atoms with E-state index < -0.39 is 11.4 Å². The van der Waals surface area contributed by atoms with Crippen molar-refractivity contribution in [1.29, 1.82) is 0 Å². The Morgan fingerprint density at radius 3 is 2.67 bits per heavy atom. The molecule has 0 saturated heterocycles. The smallest absolute Gasteiger partial charge is 0.341 e. The minimum atomic E-state index is -1.19. The van der Waals surface area contributed by atoms with Crippen LogP contribution in [0, 0.1) is 9.49 Å². The van der Waals surface area contributed by atoms with Crippen LogP contribution in [0.1, 0.15) is 35.8 Å². The van der Waals surface area contributed by atoms with E-state index in [1.54, 1.807) is 7.11 Å². The summed E-state index contributed by atoms with van der Waals surface area (Å²) in [7, 11) is 1.62. The zero-order valence-corrected chi connectivity index (χ0v) is 15.8. The molecule has 6 heteroatoms. The Balaban J connectivity index is 2.32. The minimum absolute atomic E-state index is 0.107. The van der Waals surface area contributed by atoms with Crippen molar-refractivity contribution >= 4 is 28.6 Å². The highest BCUT2D eigenvalue weighted by Gasteiger charge is 2.28. The van der Waals surface area contributed by atoms with Crippen molar-refractivity contribution in [2.75, 3.05) is 7.11 Å². The summed E-state index contributed by atoms with van der Waals surface area (Å²) in [6, 6.07) is 5.56. The number of carboxylic acid groups (broad SMARTS) is 1. The summed E-state index contributed by atoms with van der Waals surface area (Å²) < 4.78 is 8.36. The van der Waals surface area contributed by atoms with Crippen molar-refractivity contribution in [3.8, 4) is 17.0 Å². The van der Waals surface area contributed by atoms with Crippen LogP contribution in [0.3, 0.4) is 0 Å². The maximum absolute atomic E-state index is 12.2. The zero-order chi connectivity index (χ0) is 17.6. The van der Waals surface area contributed by atoms with Gasteiger partial charge in [0, 0.05) is 23.9 Å². The quantitative estimate of drug-likeness (QED) is 0.743. The lowest BCUT2D eigenvalue weighted by atomic mass is 9.87. The highest BCUT2D eigenvalue weighted by molar-refractivity contribution is 14.1. The van der Waals surface area contributed by atoms with Crippen LogP contribution in [-0.4, -0.2) is 22.8 Å². The van der Waals surface area contributed by atoms with Crippen molar-refractivity contribution in [3.05, 3.63) is 49.3 Å². The Hall–Kier alpha value is -1.83. The van der Waals surface area contributed by atoms with Crippen molar-refractivity contribution in [2.24, 2.45) is 5.92 Å². The summed E-state index contributed by atoms with van der Waals surface area (Å²) >= 11 is 2.24. The fraction of sp³-hybridized carbons (Fsp3) is 0.333. The summed E-state index contributed by atoms with van der Waals surface area (Å²) in [5, 5.41) is 9.27. The van der Waals surface area contributed by atoms with Crippen molar-refractivity contribution < 1.29 is 14.6 Å². The highest BCUT2D eigenvalue weighted by atomic mass is 127. The molecule has 1 aliphatic rings. The summed E-state index contributed by atoms with van der Waals surface area (Å²) in [4.78, 5) is 23.6. The molecule has 0 aliphatic carbocycles. The van der Waals surface area contributed by atoms with E-state index in [4.69, 9.17) is 4.74 Å². The number of rotatable bonds is 3. The van der Waals surface area contributed by atoms with Crippen LogP contribution < -0.4 is 10.2 Å². The molecule has 2 aromatic rings. The summed E-state index contributed by atoms with van der Waals surface area (Å²) in [6.45, 7) is 4.21. The summed E-state index contributed by atoms with van der Waals surface area (Å²) in [5.41, 5.74) is 2.17. The Labute approximate surface area is 153 Å². The topological polar surface area (TPSA) is 68.5 Å². The number of hydrogen-bond acceptors (Lipinski definition) is 3. The van der Waals surface area contributed by atoms with Gasteiger partial charge >= 0.3 is 5.97 Å². The second kappa shape index (κ2) is 6.23. The first-order valence-electron chi connectivity index (χ1n) is 7.69. The predicted molar refractivity (Wildman–Crippen MR) is 99.9 cm³/mol. The number of pyridine rings is 1. The second-order valence-electron chi connectivity index (χ2n) is 6.31.